The molecule has 1 saturated heterocycles. The van der Waals surface area contributed by atoms with Crippen LogP contribution in [0.2, 0.25) is 0 Å². The number of Topliss-reactive ketones (excluding diaryl/α,β-unsaturated/α-hetero) is 1. The Morgan fingerprint density at radius 1 is 1.07 bits per heavy atom. The monoisotopic (exact) mass is 385 g/mol. The number of hydrogen-bond acceptors (Lipinski definition) is 4. The summed E-state index contributed by atoms with van der Waals surface area (Å²) in [6, 6.07) is 5.81. The highest BCUT2D eigenvalue weighted by Gasteiger charge is 2.34. The third-order valence-electron chi connectivity index (χ3n) is 5.80. The lowest BCUT2D eigenvalue weighted by Gasteiger charge is -2.35. The number of ether oxygens (including phenoxy) is 1. The minimum atomic E-state index is -0.791. The first-order valence-corrected chi connectivity index (χ1v) is 10.3. The van der Waals surface area contributed by atoms with Gasteiger partial charge in [0.2, 0.25) is 11.7 Å². The normalized spacial score (nSPS) is 18.5. The van der Waals surface area contributed by atoms with Crippen LogP contribution in [-0.4, -0.2) is 41.8 Å². The Kier molecular flexibility index (Phi) is 5.92. The Bertz CT molecular complexity index is 769. The summed E-state index contributed by atoms with van der Waals surface area (Å²) in [5, 5.41) is 0. The molecule has 1 amide bonds. The highest BCUT2D eigenvalue weighted by molar-refractivity contribution is 6.00. The maximum atomic E-state index is 12.7. The Balaban J connectivity index is 1.53. The van der Waals surface area contributed by atoms with Crippen molar-refractivity contribution in [3.8, 4) is 0 Å². The zero-order chi connectivity index (χ0) is 20.5. The number of rotatable bonds is 4. The van der Waals surface area contributed by atoms with E-state index in [2.05, 4.69) is 0 Å². The third-order valence-corrected chi connectivity index (χ3v) is 5.80. The quantitative estimate of drug-likeness (QED) is 0.587. The van der Waals surface area contributed by atoms with Crippen LogP contribution in [0.25, 0.3) is 0 Å². The van der Waals surface area contributed by atoms with Crippen LogP contribution in [0, 0.1) is 11.3 Å². The Labute approximate surface area is 167 Å². The molecule has 0 aromatic heterocycles. The van der Waals surface area contributed by atoms with Crippen molar-refractivity contribution in [3.05, 3.63) is 34.9 Å². The number of nitrogens with zero attached hydrogens (tertiary/aromatic N) is 1. The molecule has 5 heteroatoms. The molecule has 0 bridgehead atoms. The molecule has 0 saturated carbocycles. The molecule has 152 valence electrons. The molecular weight excluding hydrogens is 354 g/mol. The predicted octanol–water partition coefficient (Wildman–Crippen LogP) is 3.57. The summed E-state index contributed by atoms with van der Waals surface area (Å²) in [5.74, 6) is -0.618. The minimum absolute atomic E-state index is 0.111. The van der Waals surface area contributed by atoms with Crippen molar-refractivity contribution in [1.29, 1.82) is 0 Å². The van der Waals surface area contributed by atoms with Gasteiger partial charge in [0.05, 0.1) is 5.92 Å². The number of piperidine rings is 1. The fourth-order valence-electron chi connectivity index (χ4n) is 4.08. The van der Waals surface area contributed by atoms with Crippen molar-refractivity contribution < 1.29 is 19.1 Å². The second-order valence-corrected chi connectivity index (χ2v) is 9.10. The molecule has 2 aliphatic rings. The van der Waals surface area contributed by atoms with Crippen LogP contribution in [0.15, 0.2) is 18.2 Å². The Morgan fingerprint density at radius 2 is 1.71 bits per heavy atom. The van der Waals surface area contributed by atoms with E-state index in [9.17, 15) is 14.4 Å². The average Bonchev–Trinajstić information content (AvgIpc) is 3.13. The lowest BCUT2D eigenvalue weighted by Crippen LogP contribution is -2.45. The summed E-state index contributed by atoms with van der Waals surface area (Å²) >= 11 is 0. The van der Waals surface area contributed by atoms with Crippen molar-refractivity contribution in [2.45, 2.75) is 65.9 Å². The van der Waals surface area contributed by atoms with E-state index in [0.29, 0.717) is 31.5 Å². The number of likely N-dealkylation sites (tertiary alicyclic amines) is 1. The van der Waals surface area contributed by atoms with Gasteiger partial charge in [0.15, 0.2) is 6.10 Å². The molecule has 0 radical (unpaired) electrons. The fraction of sp³-hybridized carbons (Fsp3) is 0.609. The highest BCUT2D eigenvalue weighted by atomic mass is 16.5. The number of esters is 1. The van der Waals surface area contributed by atoms with Crippen LogP contribution in [0.1, 0.15) is 68.4 Å². The van der Waals surface area contributed by atoms with Crippen molar-refractivity contribution >= 4 is 17.7 Å². The number of carbonyl (C=O) groups excluding carboxylic acids is 3. The van der Waals surface area contributed by atoms with E-state index < -0.39 is 11.5 Å². The number of aryl methyl sites for hydroxylation is 2. The average molecular weight is 386 g/mol. The van der Waals surface area contributed by atoms with Gasteiger partial charge in [-0.05, 0) is 56.2 Å². The number of fused-ring (bicyclic) bond motifs is 1. The Hall–Kier alpha value is -2.17. The third kappa shape index (κ3) is 4.45. The van der Waals surface area contributed by atoms with Crippen LogP contribution < -0.4 is 0 Å². The molecule has 1 aliphatic carbocycles. The van der Waals surface area contributed by atoms with Gasteiger partial charge in [-0.15, -0.1) is 0 Å². The molecule has 1 unspecified atom stereocenters. The summed E-state index contributed by atoms with van der Waals surface area (Å²) in [6.07, 6.45) is 3.59. The van der Waals surface area contributed by atoms with E-state index in [1.54, 1.807) is 6.92 Å². The predicted molar refractivity (Wildman–Crippen MR) is 107 cm³/mol. The molecule has 1 fully saturated rings. The molecule has 0 N–H and O–H groups in total. The van der Waals surface area contributed by atoms with Crippen molar-refractivity contribution in [3.63, 3.8) is 0 Å². The van der Waals surface area contributed by atoms with Gasteiger partial charge < -0.3 is 9.64 Å². The van der Waals surface area contributed by atoms with E-state index in [1.165, 1.54) is 11.1 Å². The number of benzene rings is 1. The fourth-order valence-corrected chi connectivity index (χ4v) is 4.08. The van der Waals surface area contributed by atoms with Gasteiger partial charge in [-0.2, -0.15) is 0 Å². The molecule has 28 heavy (non-hydrogen) atoms. The van der Waals surface area contributed by atoms with E-state index in [-0.39, 0.29) is 23.6 Å². The molecule has 1 atom stereocenters. The molecule has 0 spiro atoms. The summed E-state index contributed by atoms with van der Waals surface area (Å²) in [4.78, 5) is 39.4. The standard InChI is InChI=1S/C23H31NO4/c1-15(20(25)19-9-8-16-6-5-7-18(16)14-19)28-21(26)17-10-12-24(13-11-17)22(27)23(2,3)4/h8-9,14-15,17H,5-7,10-13H2,1-4H3. The van der Waals surface area contributed by atoms with Gasteiger partial charge in [0.25, 0.3) is 0 Å². The SMILES string of the molecule is CC(OC(=O)C1CCN(C(=O)C(C)(C)C)CC1)C(=O)c1ccc2c(c1)CCC2. The molecular formula is C23H31NO4. The first kappa shape index (κ1) is 20.6. The smallest absolute Gasteiger partial charge is 0.309 e. The second-order valence-electron chi connectivity index (χ2n) is 9.10. The maximum Gasteiger partial charge on any atom is 0.309 e. The van der Waals surface area contributed by atoms with Gasteiger partial charge >= 0.3 is 5.97 Å². The first-order chi connectivity index (χ1) is 13.2. The van der Waals surface area contributed by atoms with Crippen molar-refractivity contribution in [2.24, 2.45) is 11.3 Å². The summed E-state index contributed by atoms with van der Waals surface area (Å²) in [6.45, 7) is 8.48. The zero-order valence-corrected chi connectivity index (χ0v) is 17.4. The van der Waals surface area contributed by atoms with E-state index in [1.807, 2.05) is 43.9 Å². The van der Waals surface area contributed by atoms with Crippen molar-refractivity contribution in [1.82, 2.24) is 4.90 Å². The maximum absolute atomic E-state index is 12.7. The number of hydrogen-bond donors (Lipinski definition) is 0. The molecule has 5 nitrogen and oxygen atoms in total. The Morgan fingerprint density at radius 3 is 2.36 bits per heavy atom. The van der Waals surface area contributed by atoms with Gasteiger partial charge in [-0.25, -0.2) is 0 Å². The zero-order valence-electron chi connectivity index (χ0n) is 17.4. The molecule has 1 aromatic rings. The first-order valence-electron chi connectivity index (χ1n) is 10.3. The van der Waals surface area contributed by atoms with Gasteiger partial charge in [-0.3, -0.25) is 14.4 Å². The van der Waals surface area contributed by atoms with E-state index >= 15 is 0 Å². The van der Waals surface area contributed by atoms with Gasteiger partial charge in [0.1, 0.15) is 0 Å². The van der Waals surface area contributed by atoms with E-state index in [4.69, 9.17) is 4.74 Å². The topological polar surface area (TPSA) is 63.7 Å². The van der Waals surface area contributed by atoms with Crippen LogP contribution in [0.3, 0.4) is 0 Å². The molecule has 1 aliphatic heterocycles. The highest BCUT2D eigenvalue weighted by Crippen LogP contribution is 2.26. The molecule has 3 rings (SSSR count). The van der Waals surface area contributed by atoms with Gasteiger partial charge in [-0.1, -0.05) is 32.9 Å². The molecule has 1 heterocycles. The van der Waals surface area contributed by atoms with E-state index in [0.717, 1.165) is 19.3 Å². The van der Waals surface area contributed by atoms with Crippen LogP contribution in [0.4, 0.5) is 0 Å². The lowest BCUT2D eigenvalue weighted by atomic mass is 9.91. The number of ketones is 1. The second kappa shape index (κ2) is 8.06. The van der Waals surface area contributed by atoms with Crippen LogP contribution in [0.5, 0.6) is 0 Å². The largest absolute Gasteiger partial charge is 0.454 e. The van der Waals surface area contributed by atoms with Crippen LogP contribution in [-0.2, 0) is 27.2 Å². The minimum Gasteiger partial charge on any atom is -0.454 e. The summed E-state index contributed by atoms with van der Waals surface area (Å²) in [7, 11) is 0. The lowest BCUT2D eigenvalue weighted by molar-refractivity contribution is -0.155. The van der Waals surface area contributed by atoms with Gasteiger partial charge in [0, 0.05) is 24.1 Å². The summed E-state index contributed by atoms with van der Waals surface area (Å²) < 4.78 is 5.50. The number of carbonyl (C=O) groups is 3. The summed E-state index contributed by atoms with van der Waals surface area (Å²) in [5.41, 5.74) is 2.76. The molecule has 1 aromatic carbocycles. The van der Waals surface area contributed by atoms with Crippen LogP contribution >= 0.6 is 0 Å². The number of amides is 1. The van der Waals surface area contributed by atoms with Crippen molar-refractivity contribution in [2.75, 3.05) is 13.1 Å².